The standard InChI is InChI=1S/C16H19N3OS/c1-10-8-19-9-12(5-6-15(19)17-10)18-16(20)14-7-11-3-2-4-13(11)21-14/h7-8,12H,2-6,9H2,1H3,(H,18,20)/t12-/m1/s1. The van der Waals surface area contributed by atoms with E-state index in [0.717, 1.165) is 48.6 Å². The van der Waals surface area contributed by atoms with E-state index in [2.05, 4.69) is 27.1 Å². The number of rotatable bonds is 2. The molecule has 1 aliphatic carbocycles. The molecule has 0 spiro atoms. The smallest absolute Gasteiger partial charge is 0.261 e. The number of amides is 1. The highest BCUT2D eigenvalue weighted by molar-refractivity contribution is 7.14. The van der Waals surface area contributed by atoms with E-state index < -0.39 is 0 Å². The zero-order valence-corrected chi connectivity index (χ0v) is 13.0. The highest BCUT2D eigenvalue weighted by atomic mass is 32.1. The van der Waals surface area contributed by atoms with Crippen LogP contribution < -0.4 is 5.32 Å². The first-order chi connectivity index (χ1) is 10.2. The largest absolute Gasteiger partial charge is 0.347 e. The van der Waals surface area contributed by atoms with E-state index >= 15 is 0 Å². The monoisotopic (exact) mass is 301 g/mol. The molecule has 21 heavy (non-hydrogen) atoms. The summed E-state index contributed by atoms with van der Waals surface area (Å²) in [6.07, 6.45) is 7.53. The molecule has 0 saturated carbocycles. The first kappa shape index (κ1) is 13.1. The Morgan fingerprint density at radius 2 is 2.33 bits per heavy atom. The molecule has 1 N–H and O–H groups in total. The van der Waals surface area contributed by atoms with Crippen molar-refractivity contribution in [2.75, 3.05) is 0 Å². The van der Waals surface area contributed by atoms with Gasteiger partial charge >= 0.3 is 0 Å². The number of thiophene rings is 1. The van der Waals surface area contributed by atoms with Gasteiger partial charge in [-0.3, -0.25) is 4.79 Å². The van der Waals surface area contributed by atoms with Crippen molar-refractivity contribution in [3.05, 3.63) is 39.1 Å². The number of carbonyl (C=O) groups is 1. The molecule has 110 valence electrons. The van der Waals surface area contributed by atoms with Crippen molar-refractivity contribution >= 4 is 17.2 Å². The lowest BCUT2D eigenvalue weighted by molar-refractivity contribution is 0.0931. The second kappa shape index (κ2) is 4.98. The van der Waals surface area contributed by atoms with Crippen LogP contribution in [0.5, 0.6) is 0 Å². The van der Waals surface area contributed by atoms with E-state index in [1.54, 1.807) is 11.3 Å². The Balaban J connectivity index is 1.45. The second-order valence-electron chi connectivity index (χ2n) is 6.07. The Hall–Kier alpha value is -1.62. The zero-order valence-electron chi connectivity index (χ0n) is 12.2. The van der Waals surface area contributed by atoms with Crippen LogP contribution in [0, 0.1) is 6.92 Å². The number of fused-ring (bicyclic) bond motifs is 2. The molecular formula is C16H19N3OS. The van der Waals surface area contributed by atoms with Gasteiger partial charge in [0.1, 0.15) is 5.82 Å². The molecule has 1 atom stereocenters. The van der Waals surface area contributed by atoms with E-state index in [4.69, 9.17) is 0 Å². The summed E-state index contributed by atoms with van der Waals surface area (Å²) in [6, 6.07) is 2.31. The average molecular weight is 301 g/mol. The SMILES string of the molecule is Cc1cn2c(n1)CC[C@@H](NC(=O)c1cc3c(s1)CCC3)C2. The third-order valence-electron chi connectivity index (χ3n) is 4.42. The molecule has 0 unspecified atom stereocenters. The van der Waals surface area contributed by atoms with Gasteiger partial charge in [0.05, 0.1) is 10.6 Å². The molecule has 4 nitrogen and oxygen atoms in total. The normalized spacial score (nSPS) is 20.1. The van der Waals surface area contributed by atoms with Crippen LogP contribution in [0.4, 0.5) is 0 Å². The lowest BCUT2D eigenvalue weighted by Crippen LogP contribution is -2.40. The Bertz CT molecular complexity index is 679. The van der Waals surface area contributed by atoms with Crippen molar-refractivity contribution < 1.29 is 4.79 Å². The van der Waals surface area contributed by atoms with Gasteiger partial charge in [-0.15, -0.1) is 11.3 Å². The van der Waals surface area contributed by atoms with Gasteiger partial charge in [-0.2, -0.15) is 0 Å². The summed E-state index contributed by atoms with van der Waals surface area (Å²) in [7, 11) is 0. The lowest BCUT2D eigenvalue weighted by atomic mass is 10.1. The van der Waals surface area contributed by atoms with Gasteiger partial charge in [0.2, 0.25) is 0 Å². The number of aromatic nitrogens is 2. The molecule has 0 aromatic carbocycles. The van der Waals surface area contributed by atoms with E-state index in [9.17, 15) is 4.79 Å². The minimum absolute atomic E-state index is 0.0969. The summed E-state index contributed by atoms with van der Waals surface area (Å²) in [5.74, 6) is 1.24. The summed E-state index contributed by atoms with van der Waals surface area (Å²) in [5.41, 5.74) is 2.45. The Morgan fingerprint density at radius 1 is 1.43 bits per heavy atom. The molecule has 2 aromatic rings. The van der Waals surface area contributed by atoms with E-state index in [1.165, 1.54) is 16.9 Å². The van der Waals surface area contributed by atoms with Gasteiger partial charge < -0.3 is 9.88 Å². The molecule has 1 amide bonds. The Labute approximate surface area is 128 Å². The predicted octanol–water partition coefficient (Wildman–Crippen LogP) is 2.49. The topological polar surface area (TPSA) is 46.9 Å². The predicted molar refractivity (Wildman–Crippen MR) is 82.9 cm³/mol. The molecule has 0 saturated heterocycles. The van der Waals surface area contributed by atoms with Gasteiger partial charge in [0.25, 0.3) is 5.91 Å². The van der Waals surface area contributed by atoms with Gasteiger partial charge in [0.15, 0.2) is 0 Å². The molecule has 3 heterocycles. The van der Waals surface area contributed by atoms with Crippen molar-refractivity contribution in [1.82, 2.24) is 14.9 Å². The maximum Gasteiger partial charge on any atom is 0.261 e. The van der Waals surface area contributed by atoms with Crippen LogP contribution in [-0.2, 0) is 25.8 Å². The summed E-state index contributed by atoms with van der Waals surface area (Å²) in [6.45, 7) is 2.86. The molecule has 5 heteroatoms. The number of nitrogens with one attached hydrogen (secondary N) is 1. The second-order valence-corrected chi connectivity index (χ2v) is 7.21. The third kappa shape index (κ3) is 2.39. The van der Waals surface area contributed by atoms with Crippen LogP contribution in [0.15, 0.2) is 12.3 Å². The fourth-order valence-corrected chi connectivity index (χ4v) is 4.56. The van der Waals surface area contributed by atoms with Crippen LogP contribution in [0.3, 0.4) is 0 Å². The fourth-order valence-electron chi connectivity index (χ4n) is 3.40. The van der Waals surface area contributed by atoms with Crippen LogP contribution in [0.25, 0.3) is 0 Å². The van der Waals surface area contributed by atoms with Crippen molar-refractivity contribution in [3.63, 3.8) is 0 Å². The van der Waals surface area contributed by atoms with Gasteiger partial charge in [-0.05, 0) is 44.2 Å². The summed E-state index contributed by atoms with van der Waals surface area (Å²) in [5, 5.41) is 3.20. The summed E-state index contributed by atoms with van der Waals surface area (Å²) >= 11 is 1.68. The molecule has 4 rings (SSSR count). The van der Waals surface area contributed by atoms with Crippen LogP contribution in [0.2, 0.25) is 0 Å². The average Bonchev–Trinajstić information content (AvgIpc) is 3.09. The van der Waals surface area contributed by atoms with Gasteiger partial charge in [0, 0.05) is 30.1 Å². The number of aryl methyl sites for hydroxylation is 4. The van der Waals surface area contributed by atoms with Crippen molar-refractivity contribution in [2.24, 2.45) is 0 Å². The third-order valence-corrected chi connectivity index (χ3v) is 5.65. The summed E-state index contributed by atoms with van der Waals surface area (Å²) < 4.78 is 2.18. The van der Waals surface area contributed by atoms with Gasteiger partial charge in [-0.1, -0.05) is 0 Å². The van der Waals surface area contributed by atoms with Crippen LogP contribution in [-0.4, -0.2) is 21.5 Å². The molecular weight excluding hydrogens is 282 g/mol. The molecule has 0 bridgehead atoms. The molecule has 0 radical (unpaired) electrons. The van der Waals surface area contributed by atoms with Crippen molar-refractivity contribution in [3.8, 4) is 0 Å². The van der Waals surface area contributed by atoms with Gasteiger partial charge in [-0.25, -0.2) is 4.98 Å². The highest BCUT2D eigenvalue weighted by Crippen LogP contribution is 2.30. The van der Waals surface area contributed by atoms with Crippen LogP contribution >= 0.6 is 11.3 Å². The molecule has 2 aromatic heterocycles. The maximum atomic E-state index is 12.4. The summed E-state index contributed by atoms with van der Waals surface area (Å²) in [4.78, 5) is 19.2. The van der Waals surface area contributed by atoms with E-state index in [0.29, 0.717) is 0 Å². The maximum absolute atomic E-state index is 12.4. The molecule has 1 aliphatic heterocycles. The van der Waals surface area contributed by atoms with Crippen molar-refractivity contribution in [1.29, 1.82) is 0 Å². The highest BCUT2D eigenvalue weighted by Gasteiger charge is 2.23. The minimum Gasteiger partial charge on any atom is -0.347 e. The van der Waals surface area contributed by atoms with E-state index in [1.807, 2.05) is 6.92 Å². The number of carbonyl (C=O) groups excluding carboxylic acids is 1. The van der Waals surface area contributed by atoms with E-state index in [-0.39, 0.29) is 11.9 Å². The zero-order chi connectivity index (χ0) is 14.4. The van der Waals surface area contributed by atoms with Crippen molar-refractivity contribution in [2.45, 2.75) is 51.6 Å². The lowest BCUT2D eigenvalue weighted by Gasteiger charge is -2.24. The number of imidazole rings is 1. The Kier molecular flexibility index (Phi) is 3.10. The quantitative estimate of drug-likeness (QED) is 0.926. The first-order valence-corrected chi connectivity index (χ1v) is 8.46. The molecule has 2 aliphatic rings. The number of hydrogen-bond acceptors (Lipinski definition) is 3. The Morgan fingerprint density at radius 3 is 3.19 bits per heavy atom. The fraction of sp³-hybridized carbons (Fsp3) is 0.500. The minimum atomic E-state index is 0.0969. The number of nitrogens with zero attached hydrogens (tertiary/aromatic N) is 2. The first-order valence-electron chi connectivity index (χ1n) is 7.64. The number of hydrogen-bond donors (Lipinski definition) is 1. The molecule has 0 fully saturated rings. The van der Waals surface area contributed by atoms with Crippen LogP contribution in [0.1, 0.15) is 44.5 Å².